The van der Waals surface area contributed by atoms with E-state index in [1.165, 1.54) is 0 Å². The lowest BCUT2D eigenvalue weighted by atomic mass is 9.74. The Morgan fingerprint density at radius 3 is 2.04 bits per heavy atom. The van der Waals surface area contributed by atoms with E-state index >= 15 is 0 Å². The summed E-state index contributed by atoms with van der Waals surface area (Å²) in [7, 11) is 0. The molecule has 0 radical (unpaired) electrons. The van der Waals surface area contributed by atoms with Crippen molar-refractivity contribution in [2.24, 2.45) is 0 Å². The van der Waals surface area contributed by atoms with Gasteiger partial charge >= 0.3 is 12.0 Å². The second-order valence-electron chi connectivity index (χ2n) is 12.8. The van der Waals surface area contributed by atoms with Crippen molar-refractivity contribution in [1.82, 2.24) is 10.2 Å². The molecule has 0 heterocycles. The van der Waals surface area contributed by atoms with Gasteiger partial charge in [0.25, 0.3) is 0 Å². The van der Waals surface area contributed by atoms with E-state index in [4.69, 9.17) is 23.7 Å². The van der Waals surface area contributed by atoms with Gasteiger partial charge in [0.05, 0.1) is 49.7 Å². The Kier molecular flexibility index (Phi) is 13.3. The summed E-state index contributed by atoms with van der Waals surface area (Å²) in [6.07, 6.45) is -0.540. The van der Waals surface area contributed by atoms with E-state index < -0.39 is 35.3 Å². The Hall–Kier alpha value is -3.34. The highest BCUT2D eigenvalue weighted by molar-refractivity contribution is 5.89. The Labute approximate surface area is 274 Å². The van der Waals surface area contributed by atoms with Gasteiger partial charge in [-0.3, -0.25) is 0 Å². The Morgan fingerprint density at radius 1 is 0.957 bits per heavy atom. The summed E-state index contributed by atoms with van der Waals surface area (Å²) in [4.78, 5) is 29.4. The lowest BCUT2D eigenvalue weighted by Crippen LogP contribution is -2.67. The molecule has 2 amide bonds. The minimum atomic E-state index is -1.22. The third-order valence-electron chi connectivity index (χ3n) is 8.01. The van der Waals surface area contributed by atoms with E-state index in [9.17, 15) is 14.7 Å². The van der Waals surface area contributed by atoms with Crippen molar-refractivity contribution in [1.29, 1.82) is 0 Å². The van der Waals surface area contributed by atoms with Crippen molar-refractivity contribution in [3.8, 4) is 11.5 Å². The van der Waals surface area contributed by atoms with Crippen LogP contribution in [0.25, 0.3) is 0 Å². The molecule has 3 atom stereocenters. The summed E-state index contributed by atoms with van der Waals surface area (Å²) in [5, 5.41) is 13.6. The summed E-state index contributed by atoms with van der Waals surface area (Å²) in [5.74, 6) is 0.496. The Bertz CT molecular complexity index is 1240. The van der Waals surface area contributed by atoms with Crippen LogP contribution in [-0.4, -0.2) is 72.2 Å². The molecule has 10 nitrogen and oxygen atoms in total. The number of urea groups is 1. The quantitative estimate of drug-likeness (QED) is 0.195. The highest BCUT2D eigenvalue weighted by Gasteiger charge is 2.54. The lowest BCUT2D eigenvalue weighted by Gasteiger charge is -2.47. The Balaban J connectivity index is 1.97. The average Bonchev–Trinajstić information content (AvgIpc) is 2.97. The zero-order valence-corrected chi connectivity index (χ0v) is 29.1. The predicted octanol–water partition coefficient (Wildman–Crippen LogP) is 6.67. The van der Waals surface area contributed by atoms with Crippen LogP contribution in [-0.2, 0) is 19.0 Å². The summed E-state index contributed by atoms with van der Waals surface area (Å²) in [6, 6.07) is 12.6. The molecule has 1 saturated carbocycles. The topological polar surface area (TPSA) is 116 Å². The van der Waals surface area contributed by atoms with Gasteiger partial charge in [0.2, 0.25) is 0 Å². The molecule has 256 valence electrons. The van der Waals surface area contributed by atoms with Crippen molar-refractivity contribution in [2.75, 3.05) is 33.0 Å². The number of aliphatic hydroxyl groups excluding tert-OH is 1. The largest absolute Gasteiger partial charge is 0.493 e. The van der Waals surface area contributed by atoms with Crippen LogP contribution >= 0.6 is 0 Å². The van der Waals surface area contributed by atoms with Gasteiger partial charge in [-0.1, -0.05) is 30.3 Å². The molecule has 0 bridgehead atoms. The third kappa shape index (κ3) is 9.59. The molecule has 46 heavy (non-hydrogen) atoms. The first-order chi connectivity index (χ1) is 21.7. The van der Waals surface area contributed by atoms with Gasteiger partial charge in [0.1, 0.15) is 22.6 Å². The normalized spacial score (nSPS) is 19.7. The second kappa shape index (κ2) is 16.5. The molecule has 0 aromatic heterocycles. The standard InChI is InChI=1S/C36H54N2O8/c1-10-42-29-22-36(23-29,33(40)46-35(7,8)9)37-34(41)38(18-19-45-26(6)27-16-14-13-15-17-27)24(4)28-20-30(43-11-2)32(25(5)39)31(21-28)44-12-3/h13-17,20-21,24-26,29,39H,10-12,18-19,22-23H2,1-9H3,(H,37,41)/t24-,25?,26+,29?,36?/m1/s1. The molecule has 1 aliphatic carbocycles. The summed E-state index contributed by atoms with van der Waals surface area (Å²) in [5.41, 5.74) is 0.384. The lowest BCUT2D eigenvalue weighted by molar-refractivity contribution is -0.174. The van der Waals surface area contributed by atoms with Crippen LogP contribution in [0.2, 0.25) is 0 Å². The number of carbonyl (C=O) groups is 2. The van der Waals surface area contributed by atoms with Gasteiger partial charge in [-0.05, 0) is 85.6 Å². The van der Waals surface area contributed by atoms with Gasteiger partial charge < -0.3 is 39.0 Å². The first kappa shape index (κ1) is 37.1. The van der Waals surface area contributed by atoms with Gasteiger partial charge in [0.15, 0.2) is 0 Å². The highest BCUT2D eigenvalue weighted by Crippen LogP contribution is 2.40. The van der Waals surface area contributed by atoms with E-state index in [1.807, 2.05) is 97.9 Å². The predicted molar refractivity (Wildman–Crippen MR) is 177 cm³/mol. The molecular formula is C36H54N2O8. The number of ether oxygens (including phenoxy) is 5. The number of benzene rings is 2. The molecule has 3 rings (SSSR count). The van der Waals surface area contributed by atoms with E-state index in [1.54, 1.807) is 11.8 Å². The van der Waals surface area contributed by atoms with Crippen LogP contribution in [0, 0.1) is 0 Å². The monoisotopic (exact) mass is 642 g/mol. The third-order valence-corrected chi connectivity index (χ3v) is 8.01. The van der Waals surface area contributed by atoms with Crippen molar-refractivity contribution in [3.05, 3.63) is 59.2 Å². The Morgan fingerprint density at radius 2 is 1.54 bits per heavy atom. The van der Waals surface area contributed by atoms with Crippen molar-refractivity contribution in [3.63, 3.8) is 0 Å². The molecule has 1 unspecified atom stereocenters. The van der Waals surface area contributed by atoms with Gasteiger partial charge in [0, 0.05) is 26.0 Å². The van der Waals surface area contributed by atoms with Crippen LogP contribution < -0.4 is 14.8 Å². The maximum atomic E-state index is 14.3. The maximum absolute atomic E-state index is 14.3. The smallest absolute Gasteiger partial charge is 0.332 e. The van der Waals surface area contributed by atoms with Crippen molar-refractivity contribution >= 4 is 12.0 Å². The fourth-order valence-corrected chi connectivity index (χ4v) is 5.67. The van der Waals surface area contributed by atoms with E-state index in [-0.39, 0.29) is 25.4 Å². The zero-order chi connectivity index (χ0) is 34.1. The number of rotatable bonds is 16. The number of carbonyl (C=O) groups excluding carboxylic acids is 2. The molecule has 10 heteroatoms. The molecule has 2 N–H and O–H groups in total. The van der Waals surface area contributed by atoms with Crippen molar-refractivity contribution in [2.45, 2.75) is 111 Å². The number of esters is 1. The van der Waals surface area contributed by atoms with Crippen LogP contribution in [0.15, 0.2) is 42.5 Å². The number of hydrogen-bond donors (Lipinski definition) is 2. The molecule has 2 aromatic carbocycles. The van der Waals surface area contributed by atoms with Crippen LogP contribution in [0.4, 0.5) is 4.79 Å². The van der Waals surface area contributed by atoms with Crippen LogP contribution in [0.3, 0.4) is 0 Å². The van der Waals surface area contributed by atoms with Gasteiger partial charge in [-0.25, -0.2) is 9.59 Å². The van der Waals surface area contributed by atoms with Gasteiger partial charge in [-0.2, -0.15) is 0 Å². The molecule has 0 spiro atoms. The van der Waals surface area contributed by atoms with E-state index in [0.717, 1.165) is 11.1 Å². The zero-order valence-electron chi connectivity index (χ0n) is 29.1. The number of aliphatic hydroxyl groups is 1. The first-order valence-electron chi connectivity index (χ1n) is 16.5. The minimum Gasteiger partial charge on any atom is -0.493 e. The number of amides is 2. The first-order valence-corrected chi connectivity index (χ1v) is 16.5. The summed E-state index contributed by atoms with van der Waals surface area (Å²) >= 11 is 0. The molecular weight excluding hydrogens is 588 g/mol. The molecule has 2 aromatic rings. The fraction of sp³-hybridized carbons (Fsp3) is 0.611. The highest BCUT2D eigenvalue weighted by atomic mass is 16.6. The molecule has 1 fully saturated rings. The molecule has 0 saturated heterocycles. The van der Waals surface area contributed by atoms with Crippen LogP contribution in [0.1, 0.15) is 110 Å². The molecule has 1 aliphatic rings. The second-order valence-corrected chi connectivity index (χ2v) is 12.8. The van der Waals surface area contributed by atoms with Crippen molar-refractivity contribution < 1.29 is 38.4 Å². The number of hydrogen-bond acceptors (Lipinski definition) is 8. The van der Waals surface area contributed by atoms with E-state index in [2.05, 4.69) is 5.32 Å². The van der Waals surface area contributed by atoms with Crippen LogP contribution in [0.5, 0.6) is 11.5 Å². The summed E-state index contributed by atoms with van der Waals surface area (Å²) in [6.45, 7) is 18.4. The average molecular weight is 643 g/mol. The summed E-state index contributed by atoms with van der Waals surface area (Å²) < 4.78 is 29.6. The molecule has 0 aliphatic heterocycles. The minimum absolute atomic E-state index is 0.158. The number of nitrogens with zero attached hydrogens (tertiary/aromatic N) is 1. The fourth-order valence-electron chi connectivity index (χ4n) is 5.67. The van der Waals surface area contributed by atoms with E-state index in [0.29, 0.717) is 49.7 Å². The SMILES string of the molecule is CCOc1cc([C@@H](C)N(CCO[C@@H](C)c2ccccc2)C(=O)NC2(C(=O)OC(C)(C)C)CC(OCC)C2)cc(OCC)c1C(C)O. The number of nitrogens with one attached hydrogen (secondary N) is 1. The maximum Gasteiger partial charge on any atom is 0.332 e. The van der Waals surface area contributed by atoms with Gasteiger partial charge in [-0.15, -0.1) is 0 Å².